The van der Waals surface area contributed by atoms with Crippen LogP contribution in [0.5, 0.6) is 0 Å². The molecule has 3 atom stereocenters. The van der Waals surface area contributed by atoms with E-state index in [9.17, 15) is 18.7 Å². The van der Waals surface area contributed by atoms with E-state index in [1.54, 1.807) is 0 Å². The zero-order valence-electron chi connectivity index (χ0n) is 21.7. The lowest BCUT2D eigenvalue weighted by atomic mass is 9.80. The number of rotatable bonds is 8. The molecule has 35 heavy (non-hydrogen) atoms. The lowest BCUT2D eigenvalue weighted by Crippen LogP contribution is -2.53. The van der Waals surface area contributed by atoms with E-state index < -0.39 is 23.8 Å². The Morgan fingerprint density at radius 2 is 1.80 bits per heavy atom. The molecule has 0 radical (unpaired) electrons. The highest BCUT2D eigenvalue weighted by atomic mass is 19.1. The molecule has 1 heterocycles. The molecule has 1 aliphatic rings. The van der Waals surface area contributed by atoms with Gasteiger partial charge in [-0.3, -0.25) is 4.79 Å². The monoisotopic (exact) mass is 487 g/mol. The summed E-state index contributed by atoms with van der Waals surface area (Å²) in [6.07, 6.45) is 0.963. The molecule has 0 spiro atoms. The van der Waals surface area contributed by atoms with Crippen molar-refractivity contribution >= 4 is 11.6 Å². The predicted octanol–water partition coefficient (Wildman–Crippen LogP) is 4.31. The van der Waals surface area contributed by atoms with Crippen molar-refractivity contribution in [3.63, 3.8) is 0 Å². The average Bonchev–Trinajstić information content (AvgIpc) is 2.72. The number of halogens is 2. The fourth-order valence-electron chi connectivity index (χ4n) is 4.91. The second kappa shape index (κ2) is 10.6. The Labute approximate surface area is 207 Å². The van der Waals surface area contributed by atoms with E-state index in [1.807, 2.05) is 0 Å². The maximum atomic E-state index is 13.7. The molecule has 192 valence electrons. The molecular weight excluding hydrogens is 448 g/mol. The van der Waals surface area contributed by atoms with Gasteiger partial charge in [0.25, 0.3) is 0 Å². The number of amides is 1. The minimum atomic E-state index is -0.956. The number of carbonyl (C=O) groups excluding carboxylic acids is 1. The largest absolute Gasteiger partial charge is 0.390 e. The standard InChI is InChI=1S/C28H39F2N3O2/c1-18(34)32-24(14-20-11-21(29)15-22(30)12-20)26(35)17-31-28(5)9-10-33(6)25-8-7-19(13-23(25)28)16-27(2,3)4/h7-8,11-13,15,24,26,31,35H,9-10,14,16-17H2,1-6H3,(H,32,34)/t24-,26-,28-/m0/s1. The van der Waals surface area contributed by atoms with E-state index in [1.165, 1.54) is 30.2 Å². The lowest BCUT2D eigenvalue weighted by molar-refractivity contribution is -0.120. The first-order valence-electron chi connectivity index (χ1n) is 12.3. The van der Waals surface area contributed by atoms with Crippen LogP contribution in [0.25, 0.3) is 0 Å². The van der Waals surface area contributed by atoms with Gasteiger partial charge in [0.2, 0.25) is 5.91 Å². The minimum Gasteiger partial charge on any atom is -0.390 e. The highest BCUT2D eigenvalue weighted by molar-refractivity contribution is 5.73. The van der Waals surface area contributed by atoms with Gasteiger partial charge in [-0.05, 0) is 66.5 Å². The fourth-order valence-corrected chi connectivity index (χ4v) is 4.91. The highest BCUT2D eigenvalue weighted by Crippen LogP contribution is 2.39. The minimum absolute atomic E-state index is 0.114. The van der Waals surface area contributed by atoms with Crippen LogP contribution in [0.4, 0.5) is 14.5 Å². The number of hydrogen-bond acceptors (Lipinski definition) is 4. The van der Waals surface area contributed by atoms with E-state index in [-0.39, 0.29) is 29.8 Å². The van der Waals surface area contributed by atoms with Crippen LogP contribution in [0.2, 0.25) is 0 Å². The number of hydrogen-bond donors (Lipinski definition) is 3. The first kappa shape index (κ1) is 27.1. The summed E-state index contributed by atoms with van der Waals surface area (Å²) in [6.45, 7) is 11.2. The second-order valence-electron chi connectivity index (χ2n) is 11.3. The molecule has 7 heteroatoms. The van der Waals surface area contributed by atoms with Gasteiger partial charge in [0, 0.05) is 44.4 Å². The summed E-state index contributed by atoms with van der Waals surface area (Å²) in [7, 11) is 2.08. The summed E-state index contributed by atoms with van der Waals surface area (Å²) in [5, 5.41) is 17.3. The molecule has 2 aromatic rings. The molecule has 0 saturated carbocycles. The summed E-state index contributed by atoms with van der Waals surface area (Å²) >= 11 is 0. The Balaban J connectivity index is 1.80. The summed E-state index contributed by atoms with van der Waals surface area (Å²) in [5.41, 5.74) is 3.78. The van der Waals surface area contributed by atoms with Crippen LogP contribution in [0, 0.1) is 17.0 Å². The Morgan fingerprint density at radius 3 is 2.40 bits per heavy atom. The number of aliphatic hydroxyl groups excluding tert-OH is 1. The molecule has 0 fully saturated rings. The van der Waals surface area contributed by atoms with Gasteiger partial charge in [-0.2, -0.15) is 0 Å². The molecular formula is C28H39F2N3O2. The molecule has 5 nitrogen and oxygen atoms in total. The number of carbonyl (C=O) groups is 1. The van der Waals surface area contributed by atoms with E-state index >= 15 is 0 Å². The Morgan fingerprint density at radius 1 is 1.14 bits per heavy atom. The predicted molar refractivity (Wildman–Crippen MR) is 137 cm³/mol. The molecule has 3 N–H and O–H groups in total. The summed E-state index contributed by atoms with van der Waals surface area (Å²) in [5.74, 6) is -1.68. The van der Waals surface area contributed by atoms with Gasteiger partial charge in [-0.1, -0.05) is 32.9 Å². The van der Waals surface area contributed by atoms with E-state index in [0.29, 0.717) is 5.56 Å². The molecule has 0 saturated heterocycles. The Bertz CT molecular complexity index is 1030. The molecule has 0 aromatic heterocycles. The zero-order valence-corrected chi connectivity index (χ0v) is 21.7. The number of nitrogens with zero attached hydrogens (tertiary/aromatic N) is 1. The van der Waals surface area contributed by atoms with Crippen molar-refractivity contribution in [1.82, 2.24) is 10.6 Å². The Hall–Kier alpha value is -2.51. The maximum Gasteiger partial charge on any atom is 0.217 e. The number of aliphatic hydroxyl groups is 1. The maximum absolute atomic E-state index is 13.7. The third-order valence-corrected chi connectivity index (χ3v) is 6.68. The smallest absolute Gasteiger partial charge is 0.217 e. The zero-order chi connectivity index (χ0) is 26.0. The quantitative estimate of drug-likeness (QED) is 0.519. The summed E-state index contributed by atoms with van der Waals surface area (Å²) in [4.78, 5) is 14.1. The topological polar surface area (TPSA) is 64.6 Å². The molecule has 0 bridgehead atoms. The average molecular weight is 488 g/mol. The molecule has 2 aromatic carbocycles. The number of fused-ring (bicyclic) bond motifs is 1. The number of nitrogens with one attached hydrogen (secondary N) is 2. The van der Waals surface area contributed by atoms with Gasteiger partial charge in [-0.25, -0.2) is 8.78 Å². The third-order valence-electron chi connectivity index (χ3n) is 6.68. The summed E-state index contributed by atoms with van der Waals surface area (Å²) < 4.78 is 27.4. The first-order chi connectivity index (χ1) is 16.3. The van der Waals surface area contributed by atoms with Gasteiger partial charge >= 0.3 is 0 Å². The first-order valence-corrected chi connectivity index (χ1v) is 12.3. The third kappa shape index (κ3) is 7.24. The molecule has 0 unspecified atom stereocenters. The van der Waals surface area contributed by atoms with E-state index in [0.717, 1.165) is 31.1 Å². The van der Waals surface area contributed by atoms with Crippen LogP contribution < -0.4 is 15.5 Å². The fraction of sp³-hybridized carbons (Fsp3) is 0.536. The number of anilines is 1. The summed E-state index contributed by atoms with van der Waals surface area (Å²) in [6, 6.07) is 9.18. The second-order valence-corrected chi connectivity index (χ2v) is 11.3. The van der Waals surface area contributed by atoms with Gasteiger partial charge in [0.15, 0.2) is 0 Å². The molecule has 3 rings (SSSR count). The molecule has 1 aliphatic heterocycles. The van der Waals surface area contributed by atoms with Crippen LogP contribution in [0.3, 0.4) is 0 Å². The van der Waals surface area contributed by atoms with Gasteiger partial charge in [0.1, 0.15) is 11.6 Å². The van der Waals surface area contributed by atoms with Crippen LogP contribution in [-0.4, -0.2) is 43.3 Å². The van der Waals surface area contributed by atoms with Crippen molar-refractivity contribution in [3.8, 4) is 0 Å². The highest BCUT2D eigenvalue weighted by Gasteiger charge is 2.35. The normalized spacial score (nSPS) is 19.7. The SMILES string of the molecule is CC(=O)N[C@@H](Cc1cc(F)cc(F)c1)[C@@H](O)CN[C@@]1(C)CCN(C)c2ccc(CC(C)(C)C)cc21. The van der Waals surface area contributed by atoms with Crippen molar-refractivity contribution in [2.75, 3.05) is 25.0 Å². The van der Waals surface area contributed by atoms with Crippen LogP contribution in [-0.2, 0) is 23.2 Å². The Kier molecular flexibility index (Phi) is 8.22. The molecule has 0 aliphatic carbocycles. The van der Waals surface area contributed by atoms with Gasteiger partial charge in [0.05, 0.1) is 12.1 Å². The van der Waals surface area contributed by atoms with Gasteiger partial charge in [-0.15, -0.1) is 0 Å². The van der Waals surface area contributed by atoms with Crippen molar-refractivity contribution in [2.45, 2.75) is 71.6 Å². The van der Waals surface area contributed by atoms with Crippen LogP contribution >= 0.6 is 0 Å². The number of benzene rings is 2. The van der Waals surface area contributed by atoms with Crippen molar-refractivity contribution in [3.05, 3.63) is 64.7 Å². The van der Waals surface area contributed by atoms with Crippen molar-refractivity contribution in [2.24, 2.45) is 5.41 Å². The molecule has 1 amide bonds. The van der Waals surface area contributed by atoms with Crippen molar-refractivity contribution < 1.29 is 18.7 Å². The van der Waals surface area contributed by atoms with E-state index in [4.69, 9.17) is 0 Å². The lowest BCUT2D eigenvalue weighted by Gasteiger charge is -2.42. The van der Waals surface area contributed by atoms with E-state index in [2.05, 4.69) is 68.5 Å². The van der Waals surface area contributed by atoms with Gasteiger partial charge < -0.3 is 20.6 Å². The van der Waals surface area contributed by atoms with Crippen LogP contribution in [0.1, 0.15) is 57.7 Å². The van der Waals surface area contributed by atoms with Crippen LogP contribution in [0.15, 0.2) is 36.4 Å². The van der Waals surface area contributed by atoms with Crippen molar-refractivity contribution in [1.29, 1.82) is 0 Å².